The Morgan fingerprint density at radius 3 is 2.77 bits per heavy atom. The largest absolute Gasteiger partial charge is 0.489 e. The lowest BCUT2D eigenvalue weighted by Crippen LogP contribution is -2.39. The highest BCUT2D eigenvalue weighted by Gasteiger charge is 2.22. The summed E-state index contributed by atoms with van der Waals surface area (Å²) in [5.41, 5.74) is 1.12. The maximum absolute atomic E-state index is 11.7. The first-order chi connectivity index (χ1) is 12.6. The fourth-order valence-electron chi connectivity index (χ4n) is 2.49. The minimum atomic E-state index is -0.0177. The van der Waals surface area contributed by atoms with E-state index in [2.05, 4.69) is 20.9 Å². The van der Waals surface area contributed by atoms with Gasteiger partial charge in [-0.2, -0.15) is 0 Å². The van der Waals surface area contributed by atoms with Crippen LogP contribution in [0, 0.1) is 6.92 Å². The number of hydrogen-bond donors (Lipinski definition) is 3. The quantitative estimate of drug-likeness (QED) is 0.340. The molecule has 1 amide bonds. The van der Waals surface area contributed by atoms with Crippen molar-refractivity contribution in [2.24, 2.45) is 4.99 Å². The highest BCUT2D eigenvalue weighted by molar-refractivity contribution is 5.80. The molecule has 144 valence electrons. The second kappa shape index (κ2) is 10.7. The first kappa shape index (κ1) is 20.1. The van der Waals surface area contributed by atoms with Crippen molar-refractivity contribution >= 4 is 11.9 Å². The van der Waals surface area contributed by atoms with Crippen LogP contribution in [0.15, 0.2) is 29.3 Å². The maximum Gasteiger partial charge on any atom is 0.220 e. The van der Waals surface area contributed by atoms with E-state index in [0.29, 0.717) is 19.0 Å². The van der Waals surface area contributed by atoms with Gasteiger partial charge in [-0.1, -0.05) is 18.2 Å². The number of amides is 1. The number of carbonyl (C=O) groups is 1. The van der Waals surface area contributed by atoms with Gasteiger partial charge >= 0.3 is 0 Å². The summed E-state index contributed by atoms with van der Waals surface area (Å²) < 4.78 is 5.96. The highest BCUT2D eigenvalue weighted by atomic mass is 16.5. The molecule has 2 rings (SSSR count). The standard InChI is InChI=1S/C20H32N4O2/c1-4-21-20(22-13-7-10-19(25)24-17-11-12-17)23-14-16(3)26-18-9-6-5-8-15(18)2/h5-6,8-9,16-17H,4,7,10-14H2,1-3H3,(H,24,25)(H2,21,22,23). The van der Waals surface area contributed by atoms with Crippen LogP contribution < -0.4 is 20.7 Å². The Labute approximate surface area is 156 Å². The molecule has 0 aliphatic heterocycles. The third-order valence-electron chi connectivity index (χ3n) is 4.09. The zero-order valence-electron chi connectivity index (χ0n) is 16.2. The lowest BCUT2D eigenvalue weighted by Gasteiger charge is -2.16. The second-order valence-corrected chi connectivity index (χ2v) is 6.79. The van der Waals surface area contributed by atoms with Crippen molar-refractivity contribution in [2.45, 2.75) is 58.6 Å². The Hall–Kier alpha value is -2.24. The first-order valence-corrected chi connectivity index (χ1v) is 9.62. The predicted molar refractivity (Wildman–Crippen MR) is 106 cm³/mol. The van der Waals surface area contributed by atoms with E-state index >= 15 is 0 Å². The van der Waals surface area contributed by atoms with Gasteiger partial charge in [-0.25, -0.2) is 4.99 Å². The van der Waals surface area contributed by atoms with E-state index in [-0.39, 0.29) is 12.0 Å². The van der Waals surface area contributed by atoms with Crippen LogP contribution in [0.2, 0.25) is 0 Å². The average molecular weight is 361 g/mol. The molecule has 1 saturated carbocycles. The number of benzene rings is 1. The van der Waals surface area contributed by atoms with Crippen molar-refractivity contribution in [1.82, 2.24) is 16.0 Å². The number of ether oxygens (including phenoxy) is 1. The monoisotopic (exact) mass is 360 g/mol. The number of hydrogen-bond acceptors (Lipinski definition) is 3. The third-order valence-corrected chi connectivity index (χ3v) is 4.09. The summed E-state index contributed by atoms with van der Waals surface area (Å²) in [7, 11) is 0. The lowest BCUT2D eigenvalue weighted by molar-refractivity contribution is -0.121. The minimum absolute atomic E-state index is 0.0177. The molecule has 1 fully saturated rings. The molecule has 0 heterocycles. The van der Waals surface area contributed by atoms with E-state index in [9.17, 15) is 4.79 Å². The fraction of sp³-hybridized carbons (Fsp3) is 0.600. The summed E-state index contributed by atoms with van der Waals surface area (Å²) in [5.74, 6) is 1.81. The topological polar surface area (TPSA) is 74.8 Å². The van der Waals surface area contributed by atoms with Crippen molar-refractivity contribution in [3.63, 3.8) is 0 Å². The molecular formula is C20H32N4O2. The van der Waals surface area contributed by atoms with Crippen molar-refractivity contribution in [1.29, 1.82) is 0 Å². The molecule has 0 saturated heterocycles. The second-order valence-electron chi connectivity index (χ2n) is 6.79. The molecule has 1 aliphatic carbocycles. The Bertz CT molecular complexity index is 599. The number of aliphatic imine (C=N–C) groups is 1. The molecular weight excluding hydrogens is 328 g/mol. The molecule has 0 spiro atoms. The number of nitrogens with zero attached hydrogens (tertiary/aromatic N) is 1. The number of para-hydroxylation sites is 1. The minimum Gasteiger partial charge on any atom is -0.489 e. The van der Waals surface area contributed by atoms with Crippen LogP contribution in [0.3, 0.4) is 0 Å². The molecule has 1 aliphatic rings. The molecule has 1 unspecified atom stereocenters. The molecule has 26 heavy (non-hydrogen) atoms. The van der Waals surface area contributed by atoms with Crippen molar-refractivity contribution in [3.8, 4) is 5.75 Å². The molecule has 3 N–H and O–H groups in total. The van der Waals surface area contributed by atoms with Crippen LogP contribution in [0.1, 0.15) is 45.1 Å². The van der Waals surface area contributed by atoms with Gasteiger partial charge in [-0.15, -0.1) is 0 Å². The van der Waals surface area contributed by atoms with E-state index in [1.807, 2.05) is 45.0 Å². The lowest BCUT2D eigenvalue weighted by atomic mass is 10.2. The normalized spacial score (nSPS) is 15.3. The van der Waals surface area contributed by atoms with Crippen LogP contribution in [-0.2, 0) is 4.79 Å². The molecule has 1 aromatic carbocycles. The maximum atomic E-state index is 11.7. The van der Waals surface area contributed by atoms with E-state index in [1.54, 1.807) is 0 Å². The average Bonchev–Trinajstić information content (AvgIpc) is 3.42. The van der Waals surface area contributed by atoms with Gasteiger partial charge < -0.3 is 20.7 Å². The van der Waals surface area contributed by atoms with E-state index < -0.39 is 0 Å². The highest BCUT2D eigenvalue weighted by Crippen LogP contribution is 2.19. The van der Waals surface area contributed by atoms with Gasteiger partial charge in [0.2, 0.25) is 5.91 Å². The van der Waals surface area contributed by atoms with E-state index in [1.165, 1.54) is 0 Å². The van der Waals surface area contributed by atoms with Crippen molar-refractivity contribution in [2.75, 3.05) is 19.6 Å². The summed E-state index contributed by atoms with van der Waals surface area (Å²) >= 11 is 0. The number of aryl methyl sites for hydroxylation is 1. The van der Waals surface area contributed by atoms with Crippen LogP contribution in [0.25, 0.3) is 0 Å². The molecule has 1 aromatic rings. The molecule has 0 radical (unpaired) electrons. The summed E-state index contributed by atoms with van der Waals surface area (Å²) in [6.07, 6.45) is 3.58. The number of guanidine groups is 1. The van der Waals surface area contributed by atoms with E-state index in [4.69, 9.17) is 4.74 Å². The van der Waals surface area contributed by atoms with Crippen LogP contribution in [0.4, 0.5) is 0 Å². The summed E-state index contributed by atoms with van der Waals surface area (Å²) in [4.78, 5) is 16.3. The van der Waals surface area contributed by atoms with Gasteiger partial charge in [0.05, 0.1) is 6.54 Å². The predicted octanol–water partition coefficient (Wildman–Crippen LogP) is 2.38. The summed E-state index contributed by atoms with van der Waals surface area (Å²) in [6.45, 7) is 8.16. The fourth-order valence-corrected chi connectivity index (χ4v) is 2.49. The zero-order chi connectivity index (χ0) is 18.8. The van der Waals surface area contributed by atoms with Gasteiger partial charge in [-0.3, -0.25) is 4.79 Å². The summed E-state index contributed by atoms with van der Waals surface area (Å²) in [6, 6.07) is 8.43. The Balaban J connectivity index is 1.70. The van der Waals surface area contributed by atoms with E-state index in [0.717, 1.165) is 49.6 Å². The van der Waals surface area contributed by atoms with Crippen LogP contribution >= 0.6 is 0 Å². The van der Waals surface area contributed by atoms with Crippen molar-refractivity contribution in [3.05, 3.63) is 29.8 Å². The van der Waals surface area contributed by atoms with Gasteiger partial charge in [-0.05, 0) is 51.7 Å². The number of carbonyl (C=O) groups excluding carboxylic acids is 1. The van der Waals surface area contributed by atoms with Gasteiger partial charge in [0.25, 0.3) is 0 Å². The summed E-state index contributed by atoms with van der Waals surface area (Å²) in [5, 5.41) is 9.51. The van der Waals surface area contributed by atoms with Gasteiger partial charge in [0.15, 0.2) is 5.96 Å². The van der Waals surface area contributed by atoms with Crippen LogP contribution in [0.5, 0.6) is 5.75 Å². The zero-order valence-corrected chi connectivity index (χ0v) is 16.2. The molecule has 0 bridgehead atoms. The Morgan fingerprint density at radius 2 is 2.08 bits per heavy atom. The Kier molecular flexibility index (Phi) is 8.25. The number of rotatable bonds is 10. The molecule has 6 nitrogen and oxygen atoms in total. The van der Waals surface area contributed by atoms with Crippen LogP contribution in [-0.4, -0.2) is 43.6 Å². The first-order valence-electron chi connectivity index (χ1n) is 9.62. The third kappa shape index (κ3) is 7.76. The number of nitrogens with one attached hydrogen (secondary N) is 3. The SMILES string of the molecule is CCNC(=NCC(C)Oc1ccccc1C)NCCCC(=O)NC1CC1. The van der Waals surface area contributed by atoms with Gasteiger partial charge in [0.1, 0.15) is 11.9 Å². The molecule has 6 heteroatoms. The van der Waals surface area contributed by atoms with Crippen molar-refractivity contribution < 1.29 is 9.53 Å². The van der Waals surface area contributed by atoms with Gasteiger partial charge in [0, 0.05) is 25.6 Å². The Morgan fingerprint density at radius 1 is 1.31 bits per heavy atom. The molecule has 1 atom stereocenters. The smallest absolute Gasteiger partial charge is 0.220 e. The molecule has 0 aromatic heterocycles.